The minimum atomic E-state index is -2.91. The Labute approximate surface area is 251 Å². The van der Waals surface area contributed by atoms with Gasteiger partial charge in [-0.3, -0.25) is 18.9 Å². The van der Waals surface area contributed by atoms with E-state index in [1.165, 1.54) is 6.20 Å². The summed E-state index contributed by atoms with van der Waals surface area (Å²) in [5.74, 6) is -4.35. The molecular formula is C29H39ClF3N5O3S. The van der Waals surface area contributed by atoms with E-state index in [4.69, 9.17) is 17.3 Å². The third kappa shape index (κ3) is 7.23. The van der Waals surface area contributed by atoms with Crippen LogP contribution in [0, 0.1) is 11.7 Å². The van der Waals surface area contributed by atoms with E-state index in [-0.39, 0.29) is 61.4 Å². The van der Waals surface area contributed by atoms with Crippen molar-refractivity contribution in [1.82, 2.24) is 14.6 Å². The fourth-order valence-electron chi connectivity index (χ4n) is 6.67. The lowest BCUT2D eigenvalue weighted by Gasteiger charge is -2.49. The average molecular weight is 630 g/mol. The highest BCUT2D eigenvalue weighted by molar-refractivity contribution is 8.22. The van der Waals surface area contributed by atoms with E-state index >= 15 is 4.39 Å². The fraction of sp³-hybridized carbons (Fsp3) is 0.586. The maximum absolute atomic E-state index is 15.1. The molecule has 6 N–H and O–H groups in total. The number of halogens is 4. The number of pyridine rings is 1. The van der Waals surface area contributed by atoms with Crippen molar-refractivity contribution in [3.05, 3.63) is 58.6 Å². The summed E-state index contributed by atoms with van der Waals surface area (Å²) in [5, 5.41) is 6.73. The van der Waals surface area contributed by atoms with Crippen LogP contribution in [0.5, 0.6) is 0 Å². The first-order valence-corrected chi connectivity index (χ1v) is 16.6. The number of alkyl halides is 2. The highest BCUT2D eigenvalue weighted by atomic mass is 35.5. The van der Waals surface area contributed by atoms with Gasteiger partial charge < -0.3 is 16.4 Å². The maximum Gasteiger partial charge on any atom is 0.248 e. The van der Waals surface area contributed by atoms with Crippen molar-refractivity contribution in [2.75, 3.05) is 24.2 Å². The number of anilines is 1. The smallest absolute Gasteiger partial charge is 0.248 e. The average Bonchev–Trinajstić information content (AvgIpc) is 3.06. The van der Waals surface area contributed by atoms with E-state index in [0.29, 0.717) is 30.3 Å². The number of rotatable bonds is 8. The number of hydrogen-bond acceptors (Lipinski definition) is 7. The van der Waals surface area contributed by atoms with Gasteiger partial charge in [-0.05, 0) is 62.1 Å². The highest BCUT2D eigenvalue weighted by Crippen LogP contribution is 2.49. The highest BCUT2D eigenvalue weighted by Gasteiger charge is 2.42. The summed E-state index contributed by atoms with van der Waals surface area (Å²) >= 11 is 6.07. The number of benzene rings is 1. The van der Waals surface area contributed by atoms with E-state index < -0.39 is 40.4 Å². The Morgan fingerprint density at radius 3 is 2.64 bits per heavy atom. The van der Waals surface area contributed by atoms with Gasteiger partial charge in [-0.25, -0.2) is 17.5 Å². The molecule has 1 aliphatic carbocycles. The normalized spacial score (nSPS) is 27.8. The second-order valence-electron chi connectivity index (χ2n) is 11.8. The molecular weight excluding hydrogens is 591 g/mol. The zero-order chi connectivity index (χ0) is 30.1. The second kappa shape index (κ2) is 13.0. The molecule has 2 aliphatic heterocycles. The molecule has 0 spiro atoms. The van der Waals surface area contributed by atoms with Gasteiger partial charge in [-0.2, -0.15) is 0 Å². The van der Waals surface area contributed by atoms with E-state index in [2.05, 4.69) is 15.6 Å². The third-order valence-electron chi connectivity index (χ3n) is 9.00. The monoisotopic (exact) mass is 629 g/mol. The standard InChI is InChI=1S/C29H39ClF3N5O3S/c30-20-5-3-18(4-6-20)26(19-9-11-29(32,33)12-10-19)27(34)28(39)37-25-16-35-15-24(31)23(25)8-7-22-14-36-21-2-1-13-42(40,41)38(22)17-21/h3-6,15-16,19,21-22,26-27,36,40-41H,1-2,7-14,17,34H2,(H,37,39)/t21-,22+,26+,27+/m1/s1. The number of nitrogens with zero attached hydrogens (tertiary/aromatic N) is 2. The number of fused-ring (bicyclic) bond motifs is 2. The van der Waals surface area contributed by atoms with Crippen molar-refractivity contribution in [3.63, 3.8) is 0 Å². The number of carbonyl (C=O) groups excluding carboxylic acids is 1. The zero-order valence-electron chi connectivity index (χ0n) is 23.3. The molecule has 1 saturated carbocycles. The second-order valence-corrected chi connectivity index (χ2v) is 14.4. The summed E-state index contributed by atoms with van der Waals surface area (Å²) in [4.78, 5) is 17.5. The molecule has 1 aromatic carbocycles. The number of nitrogens with two attached hydrogens (primary N) is 1. The Balaban J connectivity index is 1.32. The molecule has 2 bridgehead atoms. The Bertz CT molecular complexity index is 1250. The molecule has 3 heterocycles. The van der Waals surface area contributed by atoms with Crippen molar-refractivity contribution in [1.29, 1.82) is 0 Å². The molecule has 232 valence electrons. The van der Waals surface area contributed by atoms with Crippen LogP contribution in [0.2, 0.25) is 5.02 Å². The first kappa shape index (κ1) is 31.5. The number of amides is 1. The van der Waals surface area contributed by atoms with Crippen LogP contribution in [-0.2, 0) is 11.2 Å². The minimum absolute atomic E-state index is 0.185. The topological polar surface area (TPSA) is 124 Å². The van der Waals surface area contributed by atoms with Crippen LogP contribution in [0.25, 0.3) is 0 Å². The number of nitrogens with one attached hydrogen (secondary N) is 2. The Morgan fingerprint density at radius 2 is 1.93 bits per heavy atom. The number of aromatic nitrogens is 1. The van der Waals surface area contributed by atoms with Crippen LogP contribution >= 0.6 is 22.4 Å². The van der Waals surface area contributed by atoms with Gasteiger partial charge in [0.15, 0.2) is 0 Å². The Morgan fingerprint density at radius 1 is 1.21 bits per heavy atom. The van der Waals surface area contributed by atoms with E-state index in [9.17, 15) is 22.7 Å². The zero-order valence-corrected chi connectivity index (χ0v) is 24.9. The summed E-state index contributed by atoms with van der Waals surface area (Å²) in [6, 6.07) is 5.76. The lowest BCUT2D eigenvalue weighted by atomic mass is 9.72. The molecule has 3 fully saturated rings. The molecule has 5 rings (SSSR count). The maximum atomic E-state index is 15.1. The third-order valence-corrected chi connectivity index (χ3v) is 11.3. The van der Waals surface area contributed by atoms with Crippen LogP contribution in [0.1, 0.15) is 62.0 Å². The van der Waals surface area contributed by atoms with Gasteiger partial charge >= 0.3 is 0 Å². The quantitative estimate of drug-likeness (QED) is 0.251. The molecule has 1 unspecified atom stereocenters. The fourth-order valence-corrected chi connectivity index (χ4v) is 8.66. The molecule has 13 heteroatoms. The minimum Gasteiger partial charge on any atom is -0.323 e. The summed E-state index contributed by atoms with van der Waals surface area (Å²) in [5.41, 5.74) is 7.71. The Kier molecular flexibility index (Phi) is 9.73. The predicted molar refractivity (Wildman–Crippen MR) is 159 cm³/mol. The van der Waals surface area contributed by atoms with Crippen molar-refractivity contribution in [3.8, 4) is 0 Å². The predicted octanol–water partition coefficient (Wildman–Crippen LogP) is 5.78. The molecule has 1 aromatic heterocycles. The van der Waals surface area contributed by atoms with Crippen LogP contribution in [0.3, 0.4) is 0 Å². The van der Waals surface area contributed by atoms with Gasteiger partial charge in [0.25, 0.3) is 0 Å². The van der Waals surface area contributed by atoms with Crippen LogP contribution < -0.4 is 16.4 Å². The number of carbonyl (C=O) groups is 1. The molecule has 42 heavy (non-hydrogen) atoms. The van der Waals surface area contributed by atoms with E-state index in [1.807, 2.05) is 0 Å². The number of hydrogen-bond donors (Lipinski definition) is 5. The summed E-state index contributed by atoms with van der Waals surface area (Å²) < 4.78 is 66.3. The molecule has 5 atom stereocenters. The first-order valence-electron chi connectivity index (χ1n) is 14.5. The molecule has 0 radical (unpaired) electrons. The van der Waals surface area contributed by atoms with Gasteiger partial charge in [-0.15, -0.1) is 10.8 Å². The van der Waals surface area contributed by atoms with Crippen molar-refractivity contribution < 1.29 is 27.1 Å². The SMILES string of the molecule is N[C@H](C(=O)Nc1cncc(F)c1CC[C@H]1CN[C@@H]2CCCS(O)(O)N1C2)[C@@H](c1ccc(Cl)cc1)C1CCC(F)(F)CC1. The van der Waals surface area contributed by atoms with Crippen LogP contribution in [0.4, 0.5) is 18.9 Å². The van der Waals surface area contributed by atoms with E-state index in [0.717, 1.165) is 24.6 Å². The molecule has 2 saturated heterocycles. The number of piperazine rings is 1. The lowest BCUT2D eigenvalue weighted by molar-refractivity contribution is -0.118. The van der Waals surface area contributed by atoms with Crippen molar-refractivity contribution in [2.24, 2.45) is 11.7 Å². The molecule has 3 aliphatic rings. The van der Waals surface area contributed by atoms with Gasteiger partial charge in [-0.1, -0.05) is 23.7 Å². The van der Waals surface area contributed by atoms with Crippen LogP contribution in [-0.4, -0.2) is 67.2 Å². The summed E-state index contributed by atoms with van der Waals surface area (Å²) in [6.45, 7) is 1.06. The van der Waals surface area contributed by atoms with Crippen molar-refractivity contribution in [2.45, 2.75) is 81.3 Å². The largest absolute Gasteiger partial charge is 0.323 e. The Hall–Kier alpha value is -1.93. The lowest BCUT2D eigenvalue weighted by Crippen LogP contribution is -2.55. The van der Waals surface area contributed by atoms with Crippen molar-refractivity contribution >= 4 is 34.0 Å². The van der Waals surface area contributed by atoms with Gasteiger partial charge in [0, 0.05) is 54.5 Å². The summed E-state index contributed by atoms with van der Waals surface area (Å²) in [7, 11) is -2.91. The molecule has 2 aromatic rings. The van der Waals surface area contributed by atoms with E-state index in [1.54, 1.807) is 28.6 Å². The molecule has 1 amide bonds. The summed E-state index contributed by atoms with van der Waals surface area (Å²) in [6.07, 6.45) is 4.59. The first-order chi connectivity index (χ1) is 19.9. The molecule has 8 nitrogen and oxygen atoms in total. The van der Waals surface area contributed by atoms with Crippen LogP contribution in [0.15, 0.2) is 36.7 Å². The van der Waals surface area contributed by atoms with Gasteiger partial charge in [0.2, 0.25) is 11.8 Å². The van der Waals surface area contributed by atoms with Gasteiger partial charge in [0.1, 0.15) is 5.82 Å². The van der Waals surface area contributed by atoms with Gasteiger partial charge in [0.05, 0.1) is 29.9 Å².